The predicted molar refractivity (Wildman–Crippen MR) is 78.1 cm³/mol. The number of hydrogen-bond donors (Lipinski definition) is 2. The first-order chi connectivity index (χ1) is 9.28. The van der Waals surface area contributed by atoms with E-state index in [9.17, 15) is 0 Å². The summed E-state index contributed by atoms with van der Waals surface area (Å²) in [6.07, 6.45) is 7.32. The largest absolute Gasteiger partial charge is 0.399 e. The second-order valence-corrected chi connectivity index (χ2v) is 5.08. The Balaban J connectivity index is 1.88. The molecule has 0 bridgehead atoms. The quantitative estimate of drug-likeness (QED) is 0.830. The second-order valence-electron chi connectivity index (χ2n) is 5.08. The van der Waals surface area contributed by atoms with Crippen molar-refractivity contribution in [2.45, 2.75) is 38.8 Å². The third-order valence-corrected chi connectivity index (χ3v) is 3.84. The summed E-state index contributed by atoms with van der Waals surface area (Å²) in [6, 6.07) is 6.60. The molecule has 2 aromatic rings. The van der Waals surface area contributed by atoms with E-state index >= 15 is 0 Å². The molecule has 1 heterocycles. The lowest BCUT2D eigenvalue weighted by Crippen LogP contribution is -2.19. The van der Waals surface area contributed by atoms with E-state index in [4.69, 9.17) is 5.73 Å². The van der Waals surface area contributed by atoms with Crippen molar-refractivity contribution in [2.75, 3.05) is 11.1 Å². The van der Waals surface area contributed by atoms with Crippen LogP contribution in [0, 0.1) is 0 Å². The number of aromatic nitrogens is 2. The molecule has 0 aliphatic heterocycles. The van der Waals surface area contributed by atoms with Gasteiger partial charge >= 0.3 is 0 Å². The molecular formula is C15H20N4. The van der Waals surface area contributed by atoms with Crippen molar-refractivity contribution in [1.82, 2.24) is 9.55 Å². The first-order valence-electron chi connectivity index (χ1n) is 6.94. The Labute approximate surface area is 113 Å². The lowest BCUT2D eigenvalue weighted by Gasteiger charge is -2.27. The number of nitrogen functional groups attached to an aromatic ring is 1. The van der Waals surface area contributed by atoms with Gasteiger partial charge in [0.15, 0.2) is 0 Å². The lowest BCUT2D eigenvalue weighted by molar-refractivity contribution is 0.591. The van der Waals surface area contributed by atoms with Crippen LogP contribution in [0.25, 0.3) is 0 Å². The zero-order valence-corrected chi connectivity index (χ0v) is 11.3. The summed E-state index contributed by atoms with van der Waals surface area (Å²) in [6.45, 7) is 3.06. The number of hydrogen-bond acceptors (Lipinski definition) is 3. The van der Waals surface area contributed by atoms with Gasteiger partial charge in [-0.3, -0.25) is 0 Å². The number of nitrogens with two attached hydrogens (primary N) is 1. The summed E-state index contributed by atoms with van der Waals surface area (Å²) in [4.78, 5) is 4.40. The van der Waals surface area contributed by atoms with Gasteiger partial charge in [-0.05, 0) is 49.4 Å². The van der Waals surface area contributed by atoms with Gasteiger partial charge < -0.3 is 15.6 Å². The maximum absolute atomic E-state index is 5.87. The van der Waals surface area contributed by atoms with Gasteiger partial charge in [0.25, 0.3) is 0 Å². The predicted octanol–water partition coefficient (Wildman–Crippen LogP) is 2.97. The van der Waals surface area contributed by atoms with Crippen molar-refractivity contribution in [3.8, 4) is 0 Å². The van der Waals surface area contributed by atoms with Gasteiger partial charge in [-0.2, -0.15) is 0 Å². The van der Waals surface area contributed by atoms with Crippen molar-refractivity contribution >= 4 is 11.6 Å². The summed E-state index contributed by atoms with van der Waals surface area (Å²) in [5.74, 6) is 0.956. The van der Waals surface area contributed by atoms with Crippen LogP contribution in [0.15, 0.2) is 30.6 Å². The van der Waals surface area contributed by atoms with E-state index in [1.807, 2.05) is 18.5 Å². The van der Waals surface area contributed by atoms with Gasteiger partial charge in [-0.25, -0.2) is 4.98 Å². The van der Waals surface area contributed by atoms with Crippen LogP contribution in [0.1, 0.15) is 36.9 Å². The van der Waals surface area contributed by atoms with Crippen LogP contribution in [-0.2, 0) is 13.0 Å². The van der Waals surface area contributed by atoms with Crippen LogP contribution >= 0.6 is 0 Å². The number of nitrogens with one attached hydrogen (secondary N) is 1. The molecule has 1 aromatic carbocycles. The zero-order chi connectivity index (χ0) is 13.2. The summed E-state index contributed by atoms with van der Waals surface area (Å²) < 4.78 is 2.13. The number of aryl methyl sites for hydroxylation is 2. The molecule has 0 spiro atoms. The van der Waals surface area contributed by atoms with E-state index < -0.39 is 0 Å². The molecule has 1 aliphatic carbocycles. The van der Waals surface area contributed by atoms with Crippen LogP contribution in [0.4, 0.5) is 11.6 Å². The van der Waals surface area contributed by atoms with Gasteiger partial charge in [0.05, 0.1) is 6.04 Å². The fraction of sp³-hybridized carbons (Fsp3) is 0.400. The third kappa shape index (κ3) is 2.30. The van der Waals surface area contributed by atoms with Gasteiger partial charge in [-0.15, -0.1) is 0 Å². The molecule has 4 heteroatoms. The van der Waals surface area contributed by atoms with E-state index in [-0.39, 0.29) is 0 Å². The summed E-state index contributed by atoms with van der Waals surface area (Å²) >= 11 is 0. The SMILES string of the molecule is CCn1ccnc1NC1CCCc2cc(N)ccc21. The fourth-order valence-corrected chi connectivity index (χ4v) is 2.84. The van der Waals surface area contributed by atoms with Crippen LogP contribution in [-0.4, -0.2) is 9.55 Å². The number of imidazole rings is 1. The lowest BCUT2D eigenvalue weighted by atomic mass is 9.87. The Morgan fingerprint density at radius 1 is 1.47 bits per heavy atom. The van der Waals surface area contributed by atoms with Gasteiger partial charge in [-0.1, -0.05) is 6.07 Å². The Hall–Kier alpha value is -1.97. The Morgan fingerprint density at radius 2 is 2.37 bits per heavy atom. The monoisotopic (exact) mass is 256 g/mol. The Bertz CT molecular complexity index is 573. The van der Waals surface area contributed by atoms with Crippen LogP contribution in [0.5, 0.6) is 0 Å². The standard InChI is InChI=1S/C15H20N4/c1-2-19-9-8-17-15(19)18-14-5-3-4-11-10-12(16)6-7-13(11)14/h6-10,14H,2-5,16H2,1H3,(H,17,18). The van der Waals surface area contributed by atoms with Crippen molar-refractivity contribution in [2.24, 2.45) is 0 Å². The normalized spacial score (nSPS) is 18.1. The molecule has 1 aliphatic rings. The average molecular weight is 256 g/mol. The van der Waals surface area contributed by atoms with E-state index in [1.54, 1.807) is 0 Å². The Kier molecular flexibility index (Phi) is 3.15. The van der Waals surface area contributed by atoms with Crippen molar-refractivity contribution in [3.63, 3.8) is 0 Å². The number of nitrogens with zero attached hydrogens (tertiary/aromatic N) is 2. The highest BCUT2D eigenvalue weighted by atomic mass is 15.2. The molecule has 3 rings (SSSR count). The van der Waals surface area contributed by atoms with Crippen LogP contribution < -0.4 is 11.1 Å². The molecule has 0 saturated carbocycles. The van der Waals surface area contributed by atoms with Crippen molar-refractivity contribution in [3.05, 3.63) is 41.7 Å². The Morgan fingerprint density at radius 3 is 3.21 bits per heavy atom. The van der Waals surface area contributed by atoms with Crippen molar-refractivity contribution < 1.29 is 0 Å². The first-order valence-corrected chi connectivity index (χ1v) is 6.94. The smallest absolute Gasteiger partial charge is 0.203 e. The van der Waals surface area contributed by atoms with Gasteiger partial charge in [0, 0.05) is 24.6 Å². The van der Waals surface area contributed by atoms with E-state index in [2.05, 4.69) is 33.9 Å². The minimum absolute atomic E-state index is 0.344. The highest BCUT2D eigenvalue weighted by Gasteiger charge is 2.21. The average Bonchev–Trinajstić information content (AvgIpc) is 2.86. The highest BCUT2D eigenvalue weighted by Crippen LogP contribution is 2.33. The van der Waals surface area contributed by atoms with Gasteiger partial charge in [0.2, 0.25) is 5.95 Å². The molecule has 3 N–H and O–H groups in total. The zero-order valence-electron chi connectivity index (χ0n) is 11.3. The topological polar surface area (TPSA) is 55.9 Å². The highest BCUT2D eigenvalue weighted by molar-refractivity contribution is 5.48. The fourth-order valence-electron chi connectivity index (χ4n) is 2.84. The van der Waals surface area contributed by atoms with Crippen molar-refractivity contribution in [1.29, 1.82) is 0 Å². The van der Waals surface area contributed by atoms with E-state index in [1.165, 1.54) is 17.5 Å². The molecule has 4 nitrogen and oxygen atoms in total. The number of benzene rings is 1. The molecule has 1 unspecified atom stereocenters. The maximum Gasteiger partial charge on any atom is 0.203 e. The summed E-state index contributed by atoms with van der Waals surface area (Å²) in [5.41, 5.74) is 9.47. The molecule has 0 saturated heterocycles. The summed E-state index contributed by atoms with van der Waals surface area (Å²) in [7, 11) is 0. The second kappa shape index (κ2) is 4.96. The molecule has 0 amide bonds. The number of rotatable bonds is 3. The molecule has 1 atom stereocenters. The third-order valence-electron chi connectivity index (χ3n) is 3.84. The number of anilines is 2. The molecular weight excluding hydrogens is 236 g/mol. The summed E-state index contributed by atoms with van der Waals surface area (Å²) in [5, 5.41) is 3.57. The van der Waals surface area contributed by atoms with Gasteiger partial charge in [0.1, 0.15) is 0 Å². The van der Waals surface area contributed by atoms with Crippen LogP contribution in [0.3, 0.4) is 0 Å². The maximum atomic E-state index is 5.87. The minimum Gasteiger partial charge on any atom is -0.399 e. The molecule has 0 fully saturated rings. The molecule has 19 heavy (non-hydrogen) atoms. The minimum atomic E-state index is 0.344. The number of fused-ring (bicyclic) bond motifs is 1. The van der Waals surface area contributed by atoms with E-state index in [0.29, 0.717) is 6.04 Å². The van der Waals surface area contributed by atoms with E-state index in [0.717, 1.165) is 31.0 Å². The molecule has 0 radical (unpaired) electrons. The molecule has 1 aromatic heterocycles. The molecule has 100 valence electrons. The van der Waals surface area contributed by atoms with Crippen LogP contribution in [0.2, 0.25) is 0 Å². The first kappa shape index (κ1) is 12.1.